The van der Waals surface area contributed by atoms with Crippen molar-refractivity contribution in [2.75, 3.05) is 18.0 Å². The Bertz CT molecular complexity index is 1160. The summed E-state index contributed by atoms with van der Waals surface area (Å²) < 4.78 is 11.8. The third-order valence-corrected chi connectivity index (χ3v) is 5.11. The monoisotopic (exact) mass is 416 g/mol. The number of carbonyl (C=O) groups excluding carboxylic acids is 1. The lowest BCUT2D eigenvalue weighted by atomic mass is 9.87. The molecule has 1 aliphatic heterocycles. The Morgan fingerprint density at radius 3 is 2.61 bits per heavy atom. The van der Waals surface area contributed by atoms with Crippen molar-refractivity contribution >= 4 is 17.4 Å². The lowest BCUT2D eigenvalue weighted by Gasteiger charge is -2.21. The third-order valence-electron chi connectivity index (χ3n) is 5.11. The maximum Gasteiger partial charge on any atom is 0.215 e. The number of nitrogens with zero attached hydrogens (tertiary/aromatic N) is 2. The number of aliphatic imine (C=N–C) groups is 1. The smallest absolute Gasteiger partial charge is 0.215 e. The number of aliphatic hydroxyl groups is 1. The van der Waals surface area contributed by atoms with Crippen LogP contribution in [0.5, 0.6) is 11.5 Å². The van der Waals surface area contributed by atoms with Crippen LogP contribution in [0, 0.1) is 6.92 Å². The molecule has 0 saturated carbocycles. The van der Waals surface area contributed by atoms with Gasteiger partial charge in [0, 0.05) is 25.2 Å². The van der Waals surface area contributed by atoms with Gasteiger partial charge in [0.05, 0.1) is 16.8 Å². The highest BCUT2D eigenvalue weighted by Gasteiger charge is 2.35. The predicted octanol–water partition coefficient (Wildman–Crippen LogP) is 4.87. The molecule has 1 heterocycles. The van der Waals surface area contributed by atoms with Gasteiger partial charge in [-0.05, 0) is 44.5 Å². The molecule has 0 amide bonds. The molecule has 4 rings (SSSR count). The summed E-state index contributed by atoms with van der Waals surface area (Å²) in [4.78, 5) is 19.0. The number of hydrogen-bond donors (Lipinski definition) is 1. The van der Waals surface area contributed by atoms with Gasteiger partial charge >= 0.3 is 0 Å². The molecule has 2 aliphatic rings. The zero-order valence-electron chi connectivity index (χ0n) is 17.8. The van der Waals surface area contributed by atoms with Crippen LogP contribution in [0.25, 0.3) is 0 Å². The average molecular weight is 416 g/mol. The molecule has 0 spiro atoms. The fraction of sp³-hybridized carbons (Fsp3) is 0.200. The maximum absolute atomic E-state index is 12.8. The highest BCUT2D eigenvalue weighted by atomic mass is 16.5. The Balaban J connectivity index is 1.61. The molecule has 0 saturated heterocycles. The van der Waals surface area contributed by atoms with Crippen molar-refractivity contribution < 1.29 is 19.4 Å². The number of aliphatic hydroxyl groups excluding tert-OH is 1. The molecule has 0 aromatic heterocycles. The Morgan fingerprint density at radius 1 is 1.16 bits per heavy atom. The number of allylic oxidation sites excluding steroid dienone is 3. The molecule has 2 aromatic rings. The van der Waals surface area contributed by atoms with Crippen molar-refractivity contribution in [2.45, 2.75) is 20.8 Å². The zero-order valence-corrected chi connectivity index (χ0v) is 17.8. The van der Waals surface area contributed by atoms with Crippen molar-refractivity contribution in [3.63, 3.8) is 0 Å². The number of ether oxygens (including phenoxy) is 2. The minimum absolute atomic E-state index is 0.0923. The van der Waals surface area contributed by atoms with E-state index in [0.29, 0.717) is 24.7 Å². The Morgan fingerprint density at radius 2 is 1.90 bits per heavy atom. The van der Waals surface area contributed by atoms with Gasteiger partial charge in [0.2, 0.25) is 17.6 Å². The van der Waals surface area contributed by atoms with Crippen LogP contribution in [0.2, 0.25) is 0 Å². The van der Waals surface area contributed by atoms with Crippen LogP contribution in [0.1, 0.15) is 19.4 Å². The van der Waals surface area contributed by atoms with E-state index in [4.69, 9.17) is 9.47 Å². The molecule has 6 nitrogen and oxygen atoms in total. The molecule has 0 unspecified atom stereocenters. The van der Waals surface area contributed by atoms with E-state index in [1.165, 1.54) is 6.08 Å². The zero-order chi connectivity index (χ0) is 22.0. The van der Waals surface area contributed by atoms with Crippen molar-refractivity contribution in [1.29, 1.82) is 0 Å². The number of benzene rings is 2. The number of anilines is 1. The SMILES string of the molecule is CCN=C(/C=C1/C(=O)C(/C=C2\Oc3ccccc3N2CC)=C1O)Oc1ccccc1C. The van der Waals surface area contributed by atoms with E-state index in [0.717, 1.165) is 17.0 Å². The number of rotatable bonds is 5. The van der Waals surface area contributed by atoms with Gasteiger partial charge < -0.3 is 19.5 Å². The minimum atomic E-state index is -0.280. The number of carbonyl (C=O) groups is 1. The number of hydrogen-bond acceptors (Lipinski definition) is 6. The lowest BCUT2D eigenvalue weighted by Crippen LogP contribution is -2.26. The van der Waals surface area contributed by atoms with Gasteiger partial charge in [0.15, 0.2) is 5.75 Å². The second-order valence-corrected chi connectivity index (χ2v) is 7.13. The summed E-state index contributed by atoms with van der Waals surface area (Å²) in [5, 5.41) is 10.6. The van der Waals surface area contributed by atoms with Gasteiger partial charge in [-0.15, -0.1) is 0 Å². The second kappa shape index (κ2) is 8.52. The van der Waals surface area contributed by atoms with E-state index >= 15 is 0 Å². The molecule has 1 aliphatic carbocycles. The fourth-order valence-electron chi connectivity index (χ4n) is 3.49. The van der Waals surface area contributed by atoms with E-state index in [1.54, 1.807) is 6.08 Å². The summed E-state index contributed by atoms with van der Waals surface area (Å²) in [5.41, 5.74) is 2.26. The quantitative estimate of drug-likeness (QED) is 0.428. The van der Waals surface area contributed by atoms with Gasteiger partial charge in [-0.3, -0.25) is 9.79 Å². The summed E-state index contributed by atoms with van der Waals surface area (Å²) in [7, 11) is 0. The molecule has 158 valence electrons. The van der Waals surface area contributed by atoms with Crippen molar-refractivity contribution in [3.8, 4) is 11.5 Å². The summed E-state index contributed by atoms with van der Waals surface area (Å²) in [6.45, 7) is 6.96. The van der Waals surface area contributed by atoms with Gasteiger partial charge in [-0.1, -0.05) is 30.3 Å². The van der Waals surface area contributed by atoms with Crippen LogP contribution in [-0.2, 0) is 4.79 Å². The van der Waals surface area contributed by atoms with Gasteiger partial charge in [-0.2, -0.15) is 0 Å². The molecule has 1 N–H and O–H groups in total. The van der Waals surface area contributed by atoms with Crippen LogP contribution in [0.3, 0.4) is 0 Å². The van der Waals surface area contributed by atoms with E-state index in [2.05, 4.69) is 4.99 Å². The van der Waals surface area contributed by atoms with Crippen LogP contribution < -0.4 is 14.4 Å². The molecular weight excluding hydrogens is 392 g/mol. The van der Waals surface area contributed by atoms with Gasteiger partial charge in [0.25, 0.3) is 0 Å². The molecule has 2 aromatic carbocycles. The van der Waals surface area contributed by atoms with Crippen LogP contribution in [0.4, 0.5) is 5.69 Å². The first-order valence-corrected chi connectivity index (χ1v) is 10.3. The van der Waals surface area contributed by atoms with E-state index in [1.807, 2.05) is 74.2 Å². The van der Waals surface area contributed by atoms with Crippen molar-refractivity contribution in [3.05, 3.63) is 89.0 Å². The summed E-state index contributed by atoms with van der Waals surface area (Å²) in [6, 6.07) is 15.2. The molecule has 6 heteroatoms. The van der Waals surface area contributed by atoms with Crippen LogP contribution in [-0.4, -0.2) is 29.9 Å². The molecule has 0 atom stereocenters. The number of aryl methyl sites for hydroxylation is 1. The van der Waals surface area contributed by atoms with Crippen molar-refractivity contribution in [2.24, 2.45) is 4.99 Å². The lowest BCUT2D eigenvalue weighted by molar-refractivity contribution is -0.113. The Labute approximate surface area is 181 Å². The first-order valence-electron chi connectivity index (χ1n) is 10.3. The molecule has 0 fully saturated rings. The standard InChI is InChI=1S/C25H24N2O4/c1-4-26-22(30-20-12-8-6-10-16(20)3)14-17-24(28)18(25(17)29)15-23-27(5-2)19-11-7-9-13-21(19)31-23/h6-15,28H,4-5H2,1-3H3/b17-14+,23-15-,26-22?. The van der Waals surface area contributed by atoms with Gasteiger partial charge in [-0.25, -0.2) is 0 Å². The molecular formula is C25H24N2O4. The first kappa shape index (κ1) is 20.5. The summed E-state index contributed by atoms with van der Waals surface area (Å²) in [6.07, 6.45) is 3.06. The first-order chi connectivity index (χ1) is 15.0. The van der Waals surface area contributed by atoms with Gasteiger partial charge in [0.1, 0.15) is 11.5 Å². The summed E-state index contributed by atoms with van der Waals surface area (Å²) in [5.74, 6) is 1.79. The average Bonchev–Trinajstić information content (AvgIpc) is 3.14. The summed E-state index contributed by atoms with van der Waals surface area (Å²) >= 11 is 0. The van der Waals surface area contributed by atoms with E-state index in [9.17, 15) is 9.90 Å². The highest BCUT2D eigenvalue weighted by molar-refractivity contribution is 6.23. The topological polar surface area (TPSA) is 71.4 Å². The number of Topliss-reactive ketones (excluding diaryl/α,β-unsaturated/α-hetero) is 1. The normalized spacial score (nSPS) is 18.4. The maximum atomic E-state index is 12.8. The second-order valence-electron chi connectivity index (χ2n) is 7.13. The Kier molecular flexibility index (Phi) is 5.62. The molecule has 0 radical (unpaired) electrons. The minimum Gasteiger partial charge on any atom is -0.506 e. The molecule has 0 bridgehead atoms. The fourth-order valence-corrected chi connectivity index (χ4v) is 3.49. The highest BCUT2D eigenvalue weighted by Crippen LogP contribution is 2.40. The third kappa shape index (κ3) is 3.84. The van der Waals surface area contributed by atoms with E-state index in [-0.39, 0.29) is 28.6 Å². The molecule has 31 heavy (non-hydrogen) atoms. The van der Waals surface area contributed by atoms with Crippen LogP contribution >= 0.6 is 0 Å². The predicted molar refractivity (Wildman–Crippen MR) is 121 cm³/mol. The Hall–Kier alpha value is -3.80. The van der Waals surface area contributed by atoms with Crippen molar-refractivity contribution in [1.82, 2.24) is 0 Å². The largest absolute Gasteiger partial charge is 0.506 e. The van der Waals surface area contributed by atoms with Crippen LogP contribution in [0.15, 0.2) is 88.5 Å². The number of fused-ring (bicyclic) bond motifs is 1. The number of para-hydroxylation sites is 3. The number of ketones is 1. The van der Waals surface area contributed by atoms with E-state index < -0.39 is 0 Å².